The number of hydrogen-bond acceptors (Lipinski definition) is 3. The van der Waals surface area contributed by atoms with Crippen LogP contribution in [0.2, 0.25) is 0 Å². The van der Waals surface area contributed by atoms with Crippen LogP contribution in [0.5, 0.6) is 0 Å². The summed E-state index contributed by atoms with van der Waals surface area (Å²) in [5.74, 6) is -1.72. The molecule has 0 aliphatic heterocycles. The largest absolute Gasteiger partial charge is 0.470 e. The fraction of sp³-hybridized carbons (Fsp3) is 1.00. The third-order valence-electron chi connectivity index (χ3n) is 1.94. The van der Waals surface area contributed by atoms with Crippen LogP contribution in [0.25, 0.3) is 0 Å². The maximum atomic E-state index is 10.9. The van der Waals surface area contributed by atoms with Crippen LogP contribution < -0.4 is 0 Å². The highest BCUT2D eigenvalue weighted by Crippen LogP contribution is 2.52. The Balaban J connectivity index is 4.24. The standard InChI is InChI=1S/C7H18O7P2/c1-2-3-4-5-6-7(15(8,9)10)14-16(11,12)13/h7H,2-6H2,1H3,(H2,8,9,10)(H2,11,12,13). The lowest BCUT2D eigenvalue weighted by molar-refractivity contribution is 0.147. The van der Waals surface area contributed by atoms with Crippen LogP contribution in [-0.2, 0) is 13.7 Å². The zero-order valence-electron chi connectivity index (χ0n) is 9.02. The zero-order chi connectivity index (χ0) is 12.8. The summed E-state index contributed by atoms with van der Waals surface area (Å²) in [6, 6.07) is 0. The molecule has 0 radical (unpaired) electrons. The van der Waals surface area contributed by atoms with Crippen LogP contribution in [-0.4, -0.2) is 25.4 Å². The minimum absolute atomic E-state index is 0.0601. The first-order valence-electron chi connectivity index (χ1n) is 4.96. The average Bonchev–Trinajstić information content (AvgIpc) is 2.06. The van der Waals surface area contributed by atoms with Crippen molar-refractivity contribution in [2.24, 2.45) is 0 Å². The van der Waals surface area contributed by atoms with E-state index >= 15 is 0 Å². The smallest absolute Gasteiger partial charge is 0.323 e. The van der Waals surface area contributed by atoms with Gasteiger partial charge in [0, 0.05) is 0 Å². The van der Waals surface area contributed by atoms with E-state index < -0.39 is 21.3 Å². The second kappa shape index (κ2) is 6.87. The molecule has 9 heteroatoms. The highest BCUT2D eigenvalue weighted by atomic mass is 31.2. The van der Waals surface area contributed by atoms with Gasteiger partial charge in [-0.25, -0.2) is 4.57 Å². The molecule has 98 valence electrons. The molecule has 0 heterocycles. The Bertz CT molecular complexity index is 280. The van der Waals surface area contributed by atoms with E-state index in [4.69, 9.17) is 19.6 Å². The lowest BCUT2D eigenvalue weighted by Crippen LogP contribution is -2.12. The molecule has 0 saturated carbocycles. The van der Waals surface area contributed by atoms with E-state index in [0.29, 0.717) is 6.42 Å². The summed E-state index contributed by atoms with van der Waals surface area (Å²) >= 11 is 0. The molecule has 0 aromatic rings. The summed E-state index contributed by atoms with van der Waals surface area (Å²) in [6.07, 6.45) is 3.01. The lowest BCUT2D eigenvalue weighted by atomic mass is 10.2. The van der Waals surface area contributed by atoms with Crippen molar-refractivity contribution in [3.05, 3.63) is 0 Å². The summed E-state index contributed by atoms with van der Waals surface area (Å²) in [7, 11) is -9.50. The first-order chi connectivity index (χ1) is 7.17. The van der Waals surface area contributed by atoms with Crippen molar-refractivity contribution < 1.29 is 33.2 Å². The Morgan fingerprint density at radius 1 is 1.06 bits per heavy atom. The highest BCUT2D eigenvalue weighted by Gasteiger charge is 2.35. The van der Waals surface area contributed by atoms with Crippen LogP contribution in [0.1, 0.15) is 39.0 Å². The maximum absolute atomic E-state index is 10.9. The fourth-order valence-electron chi connectivity index (χ4n) is 1.19. The summed E-state index contributed by atoms with van der Waals surface area (Å²) < 4.78 is 25.5. The average molecular weight is 276 g/mol. The van der Waals surface area contributed by atoms with Crippen molar-refractivity contribution in [1.29, 1.82) is 0 Å². The van der Waals surface area contributed by atoms with E-state index in [2.05, 4.69) is 4.52 Å². The third kappa shape index (κ3) is 8.42. The van der Waals surface area contributed by atoms with Gasteiger partial charge in [0.2, 0.25) is 0 Å². The molecule has 0 aliphatic carbocycles. The SMILES string of the molecule is CCCCCCC(OP(=O)(O)O)P(=O)(O)O. The first kappa shape index (κ1) is 16.3. The van der Waals surface area contributed by atoms with Crippen molar-refractivity contribution in [1.82, 2.24) is 0 Å². The molecule has 0 fully saturated rings. The van der Waals surface area contributed by atoms with E-state index in [0.717, 1.165) is 19.3 Å². The number of phosphoric ester groups is 1. The molecule has 4 N–H and O–H groups in total. The molecule has 0 aliphatic rings. The Labute approximate surface area is 94.2 Å². The Morgan fingerprint density at radius 2 is 1.62 bits per heavy atom. The predicted molar refractivity (Wildman–Crippen MR) is 57.7 cm³/mol. The molecule has 7 nitrogen and oxygen atoms in total. The first-order valence-corrected chi connectivity index (χ1v) is 8.17. The van der Waals surface area contributed by atoms with E-state index in [1.165, 1.54) is 0 Å². The molecule has 0 aromatic heterocycles. The van der Waals surface area contributed by atoms with Crippen molar-refractivity contribution in [3.8, 4) is 0 Å². The van der Waals surface area contributed by atoms with Gasteiger partial charge in [-0.05, 0) is 6.42 Å². The molecule has 0 amide bonds. The van der Waals surface area contributed by atoms with E-state index in [-0.39, 0.29) is 6.42 Å². The quantitative estimate of drug-likeness (QED) is 0.391. The van der Waals surface area contributed by atoms with Crippen LogP contribution in [0.3, 0.4) is 0 Å². The molecule has 0 spiro atoms. The molecule has 1 atom stereocenters. The fourth-order valence-corrected chi connectivity index (χ4v) is 2.99. The van der Waals surface area contributed by atoms with Gasteiger partial charge in [0.15, 0.2) is 5.85 Å². The van der Waals surface area contributed by atoms with Crippen molar-refractivity contribution >= 4 is 15.4 Å². The summed E-state index contributed by atoms with van der Waals surface area (Å²) in [4.78, 5) is 34.7. The van der Waals surface area contributed by atoms with Crippen LogP contribution in [0, 0.1) is 0 Å². The minimum atomic E-state index is -4.87. The van der Waals surface area contributed by atoms with Gasteiger partial charge in [0.25, 0.3) is 0 Å². The van der Waals surface area contributed by atoms with Gasteiger partial charge in [-0.2, -0.15) is 0 Å². The summed E-state index contributed by atoms with van der Waals surface area (Å²) in [5.41, 5.74) is 0. The minimum Gasteiger partial charge on any atom is -0.323 e. The molecular formula is C7H18O7P2. The molecular weight excluding hydrogens is 258 g/mol. The summed E-state index contributed by atoms with van der Waals surface area (Å²) in [5, 5.41) is 0. The molecule has 0 saturated heterocycles. The van der Waals surface area contributed by atoms with Gasteiger partial charge in [0.05, 0.1) is 0 Å². The number of phosphoric acid groups is 1. The van der Waals surface area contributed by atoms with Gasteiger partial charge in [-0.3, -0.25) is 9.09 Å². The van der Waals surface area contributed by atoms with E-state index in [1.54, 1.807) is 0 Å². The van der Waals surface area contributed by atoms with Crippen molar-refractivity contribution in [3.63, 3.8) is 0 Å². The number of rotatable bonds is 8. The lowest BCUT2D eigenvalue weighted by Gasteiger charge is -2.18. The van der Waals surface area contributed by atoms with Crippen LogP contribution >= 0.6 is 15.4 Å². The number of hydrogen-bond donors (Lipinski definition) is 4. The van der Waals surface area contributed by atoms with Crippen LogP contribution in [0.4, 0.5) is 0 Å². The third-order valence-corrected chi connectivity index (χ3v) is 3.75. The molecule has 0 aromatic carbocycles. The number of unbranched alkanes of at least 4 members (excludes halogenated alkanes) is 3. The molecule has 0 bridgehead atoms. The molecule has 0 rings (SSSR count). The highest BCUT2D eigenvalue weighted by molar-refractivity contribution is 7.53. The topological polar surface area (TPSA) is 124 Å². The predicted octanol–water partition coefficient (Wildman–Crippen LogP) is 1.57. The molecule has 1 unspecified atom stereocenters. The molecule has 16 heavy (non-hydrogen) atoms. The Hall–Kier alpha value is 0.260. The van der Waals surface area contributed by atoms with Crippen molar-refractivity contribution in [2.75, 3.05) is 0 Å². The van der Waals surface area contributed by atoms with Gasteiger partial charge < -0.3 is 19.6 Å². The van der Waals surface area contributed by atoms with E-state index in [1.807, 2.05) is 6.92 Å². The van der Waals surface area contributed by atoms with Gasteiger partial charge >= 0.3 is 15.4 Å². The Morgan fingerprint density at radius 3 is 2.00 bits per heavy atom. The Kier molecular flexibility index (Phi) is 6.98. The van der Waals surface area contributed by atoms with Crippen LogP contribution in [0.15, 0.2) is 0 Å². The summed E-state index contributed by atoms with van der Waals surface area (Å²) in [6.45, 7) is 1.98. The van der Waals surface area contributed by atoms with E-state index in [9.17, 15) is 9.13 Å². The maximum Gasteiger partial charge on any atom is 0.470 e. The van der Waals surface area contributed by atoms with Gasteiger partial charge in [-0.15, -0.1) is 0 Å². The van der Waals surface area contributed by atoms with Gasteiger partial charge in [-0.1, -0.05) is 32.6 Å². The second-order valence-electron chi connectivity index (χ2n) is 3.49. The zero-order valence-corrected chi connectivity index (χ0v) is 10.8. The monoisotopic (exact) mass is 276 g/mol. The normalized spacial score (nSPS) is 15.1. The van der Waals surface area contributed by atoms with Gasteiger partial charge in [0.1, 0.15) is 0 Å². The second-order valence-corrected chi connectivity index (χ2v) is 6.44. The van der Waals surface area contributed by atoms with Crippen molar-refractivity contribution in [2.45, 2.75) is 44.9 Å².